The van der Waals surface area contributed by atoms with Crippen LogP contribution in [0, 0.1) is 9.39 Å². The van der Waals surface area contributed by atoms with Gasteiger partial charge in [0.1, 0.15) is 5.82 Å². The molecule has 1 aromatic heterocycles. The average molecular weight is 375 g/mol. The molecule has 96 valence electrons. The fraction of sp³-hybridized carbons (Fsp3) is 0.286. The van der Waals surface area contributed by atoms with Crippen LogP contribution in [0.4, 0.5) is 4.39 Å². The predicted octanol–water partition coefficient (Wildman–Crippen LogP) is 4.39. The molecule has 0 radical (unpaired) electrons. The molecule has 1 atom stereocenters. The van der Waals surface area contributed by atoms with Crippen LogP contribution in [0.2, 0.25) is 0 Å². The van der Waals surface area contributed by atoms with E-state index in [1.165, 1.54) is 17.2 Å². The molecule has 0 bridgehead atoms. The maximum absolute atomic E-state index is 13.1. The van der Waals surface area contributed by atoms with E-state index >= 15 is 0 Å². The molecule has 0 saturated carbocycles. The van der Waals surface area contributed by atoms with Crippen molar-refractivity contribution in [3.8, 4) is 0 Å². The van der Waals surface area contributed by atoms with Gasteiger partial charge in [0.15, 0.2) is 0 Å². The van der Waals surface area contributed by atoms with Gasteiger partial charge in [-0.3, -0.25) is 0 Å². The second-order valence-corrected chi connectivity index (χ2v) is 6.12. The second kappa shape index (κ2) is 6.63. The summed E-state index contributed by atoms with van der Waals surface area (Å²) in [6.45, 7) is 0. The molecular formula is C14H15FINS. The first-order valence-corrected chi connectivity index (χ1v) is 7.86. The summed E-state index contributed by atoms with van der Waals surface area (Å²) < 4.78 is 14.1. The zero-order chi connectivity index (χ0) is 13.0. The Kier molecular flexibility index (Phi) is 5.14. The Morgan fingerprint density at radius 2 is 2.22 bits per heavy atom. The number of hydrogen-bond acceptors (Lipinski definition) is 2. The number of benzene rings is 1. The average Bonchev–Trinajstić information content (AvgIpc) is 2.85. The van der Waals surface area contributed by atoms with Crippen LogP contribution >= 0.6 is 33.9 Å². The molecule has 1 aromatic carbocycles. The van der Waals surface area contributed by atoms with Crippen LogP contribution in [0.3, 0.4) is 0 Å². The molecule has 1 unspecified atom stereocenters. The number of hydrogen-bond donors (Lipinski definition) is 1. The summed E-state index contributed by atoms with van der Waals surface area (Å²) >= 11 is 3.93. The van der Waals surface area contributed by atoms with E-state index in [4.69, 9.17) is 0 Å². The number of aryl methyl sites for hydroxylation is 1. The van der Waals surface area contributed by atoms with Gasteiger partial charge in [0, 0.05) is 9.61 Å². The smallest absolute Gasteiger partial charge is 0.124 e. The fourth-order valence-electron chi connectivity index (χ4n) is 1.99. The molecule has 0 saturated heterocycles. The summed E-state index contributed by atoms with van der Waals surface area (Å²) in [5.74, 6) is -0.171. The molecule has 0 aliphatic heterocycles. The number of thiophene rings is 1. The molecule has 0 aliphatic carbocycles. The molecule has 4 heteroatoms. The van der Waals surface area contributed by atoms with Crippen LogP contribution < -0.4 is 5.32 Å². The van der Waals surface area contributed by atoms with Gasteiger partial charge in [-0.1, -0.05) is 6.07 Å². The molecule has 2 rings (SSSR count). The number of nitrogens with one attached hydrogen (secondary N) is 1. The van der Waals surface area contributed by atoms with Crippen molar-refractivity contribution in [1.29, 1.82) is 0 Å². The maximum Gasteiger partial charge on any atom is 0.124 e. The van der Waals surface area contributed by atoms with E-state index in [0.717, 1.165) is 16.4 Å². The highest BCUT2D eigenvalue weighted by Gasteiger charge is 2.13. The van der Waals surface area contributed by atoms with E-state index in [1.807, 2.05) is 13.1 Å². The second-order valence-electron chi connectivity index (χ2n) is 4.18. The van der Waals surface area contributed by atoms with E-state index in [2.05, 4.69) is 44.7 Å². The van der Waals surface area contributed by atoms with Gasteiger partial charge in [-0.2, -0.15) is 11.3 Å². The molecule has 0 spiro atoms. The Morgan fingerprint density at radius 1 is 1.39 bits per heavy atom. The van der Waals surface area contributed by atoms with E-state index in [0.29, 0.717) is 0 Å². The third kappa shape index (κ3) is 3.52. The molecule has 0 fully saturated rings. The fourth-order valence-corrected chi connectivity index (χ4v) is 3.54. The van der Waals surface area contributed by atoms with Crippen LogP contribution in [0.1, 0.15) is 23.6 Å². The highest BCUT2D eigenvalue weighted by molar-refractivity contribution is 14.1. The number of halogens is 2. The highest BCUT2D eigenvalue weighted by atomic mass is 127. The van der Waals surface area contributed by atoms with Crippen molar-refractivity contribution in [3.63, 3.8) is 0 Å². The van der Waals surface area contributed by atoms with E-state index in [-0.39, 0.29) is 11.9 Å². The van der Waals surface area contributed by atoms with Crippen molar-refractivity contribution >= 4 is 33.9 Å². The lowest BCUT2D eigenvalue weighted by Crippen LogP contribution is -2.18. The van der Waals surface area contributed by atoms with Crippen molar-refractivity contribution in [3.05, 3.63) is 55.5 Å². The quantitative estimate of drug-likeness (QED) is 0.765. The van der Waals surface area contributed by atoms with Gasteiger partial charge < -0.3 is 5.32 Å². The monoisotopic (exact) mass is 375 g/mol. The van der Waals surface area contributed by atoms with Gasteiger partial charge in [0.05, 0.1) is 0 Å². The SMILES string of the molecule is CNC(CCc1ccsc1)c1ccc(F)cc1I. The lowest BCUT2D eigenvalue weighted by molar-refractivity contribution is 0.544. The lowest BCUT2D eigenvalue weighted by Gasteiger charge is -2.18. The molecule has 2 aromatic rings. The van der Waals surface area contributed by atoms with Crippen LogP contribution in [-0.4, -0.2) is 7.05 Å². The Morgan fingerprint density at radius 3 is 2.83 bits per heavy atom. The van der Waals surface area contributed by atoms with E-state index in [9.17, 15) is 4.39 Å². The standard InChI is InChI=1S/C14H15FINS/c1-17-14(5-2-10-6-7-18-9-10)12-4-3-11(15)8-13(12)16/h3-4,6-9,14,17H,2,5H2,1H3. The Hall–Kier alpha value is -0.460. The minimum absolute atomic E-state index is 0.171. The third-order valence-electron chi connectivity index (χ3n) is 2.99. The van der Waals surface area contributed by atoms with Gasteiger partial charge in [0.2, 0.25) is 0 Å². The van der Waals surface area contributed by atoms with Crippen molar-refractivity contribution in [2.75, 3.05) is 7.05 Å². The molecule has 1 N–H and O–H groups in total. The van der Waals surface area contributed by atoms with Crippen molar-refractivity contribution in [2.24, 2.45) is 0 Å². The highest BCUT2D eigenvalue weighted by Crippen LogP contribution is 2.25. The van der Waals surface area contributed by atoms with Crippen LogP contribution in [0.5, 0.6) is 0 Å². The molecule has 1 heterocycles. The summed E-state index contributed by atoms with van der Waals surface area (Å²) in [5, 5.41) is 7.60. The molecule has 0 aliphatic rings. The van der Waals surface area contributed by atoms with Crippen LogP contribution in [-0.2, 0) is 6.42 Å². The van der Waals surface area contributed by atoms with E-state index < -0.39 is 0 Å². The topological polar surface area (TPSA) is 12.0 Å². The van der Waals surface area contributed by atoms with Gasteiger partial charge >= 0.3 is 0 Å². The summed E-state index contributed by atoms with van der Waals surface area (Å²) in [4.78, 5) is 0. The summed E-state index contributed by atoms with van der Waals surface area (Å²) in [6.07, 6.45) is 2.07. The molecular weight excluding hydrogens is 360 g/mol. The summed E-state index contributed by atoms with van der Waals surface area (Å²) in [5.41, 5.74) is 2.55. The first kappa shape index (κ1) is 14.0. The Bertz CT molecular complexity index is 499. The van der Waals surface area contributed by atoms with Gasteiger partial charge in [0.25, 0.3) is 0 Å². The van der Waals surface area contributed by atoms with Crippen LogP contribution in [0.25, 0.3) is 0 Å². The van der Waals surface area contributed by atoms with Gasteiger partial charge in [-0.25, -0.2) is 4.39 Å². The first-order valence-electron chi connectivity index (χ1n) is 5.84. The lowest BCUT2D eigenvalue weighted by atomic mass is 10.0. The van der Waals surface area contributed by atoms with Crippen molar-refractivity contribution < 1.29 is 4.39 Å². The van der Waals surface area contributed by atoms with Gasteiger partial charge in [-0.15, -0.1) is 0 Å². The van der Waals surface area contributed by atoms with Crippen LogP contribution in [0.15, 0.2) is 35.0 Å². The largest absolute Gasteiger partial charge is 0.313 e. The van der Waals surface area contributed by atoms with Gasteiger partial charge in [-0.05, 0) is 82.6 Å². The van der Waals surface area contributed by atoms with Crippen molar-refractivity contribution in [1.82, 2.24) is 5.32 Å². The minimum atomic E-state index is -0.171. The molecule has 18 heavy (non-hydrogen) atoms. The minimum Gasteiger partial charge on any atom is -0.313 e. The predicted molar refractivity (Wildman–Crippen MR) is 83.6 cm³/mol. The zero-order valence-electron chi connectivity index (χ0n) is 10.1. The third-order valence-corrected chi connectivity index (χ3v) is 4.65. The summed E-state index contributed by atoms with van der Waals surface area (Å²) in [6, 6.07) is 7.44. The molecule has 1 nitrogen and oxygen atoms in total. The van der Waals surface area contributed by atoms with Crippen molar-refractivity contribution in [2.45, 2.75) is 18.9 Å². The maximum atomic E-state index is 13.1. The number of rotatable bonds is 5. The first-order chi connectivity index (χ1) is 8.70. The van der Waals surface area contributed by atoms with E-state index in [1.54, 1.807) is 17.4 Å². The zero-order valence-corrected chi connectivity index (χ0v) is 13.1. The molecule has 0 amide bonds. The normalized spacial score (nSPS) is 12.6. The Balaban J connectivity index is 2.08. The Labute approximate surface area is 125 Å². The summed E-state index contributed by atoms with van der Waals surface area (Å²) in [7, 11) is 1.96.